The van der Waals surface area contributed by atoms with E-state index in [0.29, 0.717) is 32.0 Å². The van der Waals surface area contributed by atoms with Crippen molar-refractivity contribution in [2.75, 3.05) is 43.2 Å². The van der Waals surface area contributed by atoms with Crippen molar-refractivity contribution in [1.82, 2.24) is 9.97 Å². The van der Waals surface area contributed by atoms with Gasteiger partial charge >= 0.3 is 0 Å². The lowest BCUT2D eigenvalue weighted by molar-refractivity contribution is 0.122. The van der Waals surface area contributed by atoms with Crippen molar-refractivity contribution >= 4 is 17.9 Å². The van der Waals surface area contributed by atoms with Crippen LogP contribution in [0.5, 0.6) is 0 Å². The third-order valence-corrected chi connectivity index (χ3v) is 3.90. The second-order valence-electron chi connectivity index (χ2n) is 5.95. The summed E-state index contributed by atoms with van der Waals surface area (Å²) in [4.78, 5) is 11.3. The van der Waals surface area contributed by atoms with Gasteiger partial charge in [-0.2, -0.15) is 5.10 Å². The van der Waals surface area contributed by atoms with Crippen LogP contribution in [0, 0.1) is 6.92 Å². The van der Waals surface area contributed by atoms with Crippen LogP contribution in [0.4, 0.5) is 11.6 Å². The summed E-state index contributed by atoms with van der Waals surface area (Å²) in [5, 5.41) is 4.30. The number of nitrogens with two attached hydrogens (primary N) is 1. The molecular formula is C18H24N6O. The van der Waals surface area contributed by atoms with Crippen molar-refractivity contribution in [2.45, 2.75) is 13.3 Å². The van der Waals surface area contributed by atoms with Gasteiger partial charge < -0.3 is 15.4 Å². The zero-order valence-corrected chi connectivity index (χ0v) is 14.5. The molecule has 0 aliphatic carbocycles. The standard InChI is InChI=1S/C18H24N6O/c1-14-3-2-4-15(11-14)13-20-23-17-12-18(22-16(21-17)5-6-19)24-7-9-25-10-8-24/h2-4,11-13H,5-10,19H2,1H3,(H,21,22,23)/b20-13-. The average Bonchev–Trinajstić information content (AvgIpc) is 2.63. The quantitative estimate of drug-likeness (QED) is 0.613. The first kappa shape index (κ1) is 17.3. The number of nitrogens with one attached hydrogen (secondary N) is 1. The number of aromatic nitrogens is 2. The fourth-order valence-corrected chi connectivity index (χ4v) is 2.66. The van der Waals surface area contributed by atoms with Gasteiger partial charge in [-0.25, -0.2) is 9.97 Å². The van der Waals surface area contributed by atoms with Crippen molar-refractivity contribution < 1.29 is 4.74 Å². The van der Waals surface area contributed by atoms with E-state index in [1.165, 1.54) is 5.56 Å². The molecule has 0 atom stereocenters. The van der Waals surface area contributed by atoms with Crippen molar-refractivity contribution in [1.29, 1.82) is 0 Å². The van der Waals surface area contributed by atoms with Crippen LogP contribution in [-0.2, 0) is 11.2 Å². The molecule has 7 heteroatoms. The van der Waals surface area contributed by atoms with Gasteiger partial charge in [-0.3, -0.25) is 5.43 Å². The van der Waals surface area contributed by atoms with Crippen molar-refractivity contribution in [3.63, 3.8) is 0 Å². The fourth-order valence-electron chi connectivity index (χ4n) is 2.66. The summed E-state index contributed by atoms with van der Waals surface area (Å²) in [5.41, 5.74) is 10.9. The maximum atomic E-state index is 5.67. The van der Waals surface area contributed by atoms with Crippen LogP contribution >= 0.6 is 0 Å². The lowest BCUT2D eigenvalue weighted by Gasteiger charge is -2.28. The topological polar surface area (TPSA) is 88.7 Å². The summed E-state index contributed by atoms with van der Waals surface area (Å²) in [6, 6.07) is 10.1. The Hall–Kier alpha value is -2.51. The number of ether oxygens (including phenoxy) is 1. The van der Waals surface area contributed by atoms with E-state index in [0.717, 1.165) is 30.3 Å². The number of nitrogens with zero attached hydrogens (tertiary/aromatic N) is 4. The predicted molar refractivity (Wildman–Crippen MR) is 100 cm³/mol. The lowest BCUT2D eigenvalue weighted by Crippen LogP contribution is -2.37. The molecule has 1 aromatic heterocycles. The van der Waals surface area contributed by atoms with Gasteiger partial charge in [-0.15, -0.1) is 0 Å². The van der Waals surface area contributed by atoms with Gasteiger partial charge in [0, 0.05) is 25.6 Å². The van der Waals surface area contributed by atoms with Gasteiger partial charge in [0.25, 0.3) is 0 Å². The minimum absolute atomic E-state index is 0.512. The minimum Gasteiger partial charge on any atom is -0.378 e. The van der Waals surface area contributed by atoms with Crippen LogP contribution in [0.1, 0.15) is 17.0 Å². The summed E-state index contributed by atoms with van der Waals surface area (Å²) < 4.78 is 5.41. The highest BCUT2D eigenvalue weighted by atomic mass is 16.5. The van der Waals surface area contributed by atoms with Crippen LogP contribution in [0.2, 0.25) is 0 Å². The Morgan fingerprint density at radius 3 is 2.88 bits per heavy atom. The third kappa shape index (κ3) is 4.98. The lowest BCUT2D eigenvalue weighted by atomic mass is 10.2. The summed E-state index contributed by atoms with van der Waals surface area (Å²) in [6.45, 7) is 5.65. The molecule has 1 aromatic carbocycles. The molecule has 1 aliphatic rings. The van der Waals surface area contributed by atoms with Crippen LogP contribution in [0.15, 0.2) is 35.4 Å². The highest BCUT2D eigenvalue weighted by Gasteiger charge is 2.14. The smallest absolute Gasteiger partial charge is 0.152 e. The maximum absolute atomic E-state index is 5.67. The van der Waals surface area contributed by atoms with Crippen molar-refractivity contribution in [3.8, 4) is 0 Å². The molecule has 132 valence electrons. The van der Waals surface area contributed by atoms with E-state index < -0.39 is 0 Å². The van der Waals surface area contributed by atoms with E-state index in [4.69, 9.17) is 10.5 Å². The predicted octanol–water partition coefficient (Wildman–Crippen LogP) is 1.57. The van der Waals surface area contributed by atoms with Gasteiger partial charge in [0.1, 0.15) is 11.6 Å². The van der Waals surface area contributed by atoms with Gasteiger partial charge in [0.15, 0.2) is 5.82 Å². The SMILES string of the molecule is Cc1cccc(/C=N\Nc2cc(N3CCOCC3)nc(CCN)n2)c1. The van der Waals surface area contributed by atoms with Crippen molar-refractivity contribution in [3.05, 3.63) is 47.3 Å². The Balaban J connectivity index is 1.75. The molecule has 0 saturated carbocycles. The van der Waals surface area contributed by atoms with E-state index in [9.17, 15) is 0 Å². The summed E-state index contributed by atoms with van der Waals surface area (Å²) in [7, 11) is 0. The molecule has 2 heterocycles. The Kier molecular flexibility index (Phi) is 5.92. The van der Waals surface area contributed by atoms with Crippen LogP contribution in [0.25, 0.3) is 0 Å². The second-order valence-corrected chi connectivity index (χ2v) is 5.95. The normalized spacial score (nSPS) is 14.9. The first-order valence-electron chi connectivity index (χ1n) is 8.51. The molecule has 0 spiro atoms. The molecular weight excluding hydrogens is 316 g/mol. The molecule has 1 saturated heterocycles. The van der Waals surface area contributed by atoms with Gasteiger partial charge in [0.05, 0.1) is 19.4 Å². The van der Waals surface area contributed by atoms with Crippen molar-refractivity contribution in [2.24, 2.45) is 10.8 Å². The largest absolute Gasteiger partial charge is 0.378 e. The van der Waals surface area contributed by atoms with Crippen LogP contribution < -0.4 is 16.1 Å². The molecule has 0 unspecified atom stereocenters. The number of hydrogen-bond donors (Lipinski definition) is 2. The molecule has 25 heavy (non-hydrogen) atoms. The van der Waals surface area contributed by atoms with E-state index in [2.05, 4.69) is 44.5 Å². The van der Waals surface area contributed by atoms with Crippen LogP contribution in [0.3, 0.4) is 0 Å². The summed E-state index contributed by atoms with van der Waals surface area (Å²) >= 11 is 0. The third-order valence-electron chi connectivity index (χ3n) is 3.90. The number of hydrogen-bond acceptors (Lipinski definition) is 7. The molecule has 0 bridgehead atoms. The second kappa shape index (κ2) is 8.55. The first-order valence-corrected chi connectivity index (χ1v) is 8.51. The van der Waals surface area contributed by atoms with Crippen LogP contribution in [-0.4, -0.2) is 49.0 Å². The number of rotatable bonds is 6. The molecule has 7 nitrogen and oxygen atoms in total. The number of hydrazone groups is 1. The highest BCUT2D eigenvalue weighted by Crippen LogP contribution is 2.17. The molecule has 1 aliphatic heterocycles. The van der Waals surface area contributed by atoms with Gasteiger partial charge in [-0.1, -0.05) is 29.8 Å². The molecule has 0 radical (unpaired) electrons. The molecule has 3 rings (SSSR count). The molecule has 1 fully saturated rings. The monoisotopic (exact) mass is 340 g/mol. The Bertz CT molecular complexity index is 727. The first-order chi connectivity index (χ1) is 12.2. The highest BCUT2D eigenvalue weighted by molar-refractivity contribution is 5.80. The Morgan fingerprint density at radius 2 is 2.12 bits per heavy atom. The van der Waals surface area contributed by atoms with E-state index >= 15 is 0 Å². The van der Waals surface area contributed by atoms with Gasteiger partial charge in [-0.05, 0) is 19.0 Å². The number of morpholine rings is 1. The zero-order chi connectivity index (χ0) is 17.5. The minimum atomic E-state index is 0.512. The number of anilines is 2. The van der Waals surface area contributed by atoms with E-state index in [-0.39, 0.29) is 0 Å². The summed E-state index contributed by atoms with van der Waals surface area (Å²) in [6.07, 6.45) is 2.42. The van der Waals surface area contributed by atoms with E-state index in [1.54, 1.807) is 6.21 Å². The Morgan fingerprint density at radius 1 is 1.28 bits per heavy atom. The maximum Gasteiger partial charge on any atom is 0.152 e. The van der Waals surface area contributed by atoms with E-state index in [1.807, 2.05) is 18.2 Å². The molecule has 0 amide bonds. The van der Waals surface area contributed by atoms with Gasteiger partial charge in [0.2, 0.25) is 0 Å². The number of benzene rings is 1. The zero-order valence-electron chi connectivity index (χ0n) is 14.5. The average molecular weight is 340 g/mol. The fraction of sp³-hybridized carbons (Fsp3) is 0.389. The molecule has 2 aromatic rings. The summed E-state index contributed by atoms with van der Waals surface area (Å²) in [5.74, 6) is 2.28. The molecule has 3 N–H and O–H groups in total. The Labute approximate surface area is 147 Å². The number of aryl methyl sites for hydroxylation is 1.